The molecule has 3 rings (SSSR count). The minimum atomic E-state index is -1.05. The fourth-order valence-corrected chi connectivity index (χ4v) is 4.30. The number of rotatable bonds is 15. The van der Waals surface area contributed by atoms with E-state index in [9.17, 15) is 24.3 Å². The van der Waals surface area contributed by atoms with Gasteiger partial charge in [-0.3, -0.25) is 14.4 Å². The molecule has 0 unspecified atom stereocenters. The second-order valence-electron chi connectivity index (χ2n) is 9.76. The number of para-hydroxylation sites is 1. The van der Waals surface area contributed by atoms with Gasteiger partial charge in [-0.05, 0) is 60.9 Å². The Labute approximate surface area is 256 Å². The number of nitrogens with one attached hydrogen (secondary N) is 3. The van der Waals surface area contributed by atoms with Crippen LogP contribution in [0.5, 0.6) is 17.2 Å². The lowest BCUT2D eigenvalue weighted by Crippen LogP contribution is -2.41. The van der Waals surface area contributed by atoms with E-state index in [4.69, 9.17) is 14.2 Å². The molecule has 0 saturated heterocycles. The SMILES string of the molecule is CCOc1cc(CN(CCC(=O)O)C(=O)CNC(=O)Cc2ccc(NC(=O)Nc3ccccc3C)c(OC)c2)ccc1OC. The zero-order valence-electron chi connectivity index (χ0n) is 25.3. The molecule has 0 saturated carbocycles. The van der Waals surface area contributed by atoms with Crippen LogP contribution in [-0.2, 0) is 27.3 Å². The lowest BCUT2D eigenvalue weighted by atomic mass is 10.1. The van der Waals surface area contributed by atoms with Gasteiger partial charge in [-0.25, -0.2) is 4.79 Å². The average molecular weight is 607 g/mol. The highest BCUT2D eigenvalue weighted by molar-refractivity contribution is 6.01. The number of nitrogens with zero attached hydrogens (tertiary/aromatic N) is 1. The van der Waals surface area contributed by atoms with E-state index in [1.807, 2.05) is 32.0 Å². The first-order valence-corrected chi connectivity index (χ1v) is 14.0. The van der Waals surface area contributed by atoms with Crippen LogP contribution in [0.3, 0.4) is 0 Å². The van der Waals surface area contributed by atoms with Crippen LogP contribution < -0.4 is 30.2 Å². The largest absolute Gasteiger partial charge is 0.495 e. The molecule has 0 spiro atoms. The van der Waals surface area contributed by atoms with E-state index in [1.165, 1.54) is 19.1 Å². The summed E-state index contributed by atoms with van der Waals surface area (Å²) in [4.78, 5) is 50.9. The number of hydrogen-bond donors (Lipinski definition) is 4. The van der Waals surface area contributed by atoms with Crippen LogP contribution in [0.4, 0.5) is 16.2 Å². The van der Waals surface area contributed by atoms with Crippen LogP contribution >= 0.6 is 0 Å². The van der Waals surface area contributed by atoms with E-state index in [2.05, 4.69) is 16.0 Å². The molecule has 4 N–H and O–H groups in total. The van der Waals surface area contributed by atoms with Crippen molar-refractivity contribution in [2.24, 2.45) is 0 Å². The van der Waals surface area contributed by atoms with Gasteiger partial charge in [-0.15, -0.1) is 0 Å². The fourth-order valence-electron chi connectivity index (χ4n) is 4.30. The highest BCUT2D eigenvalue weighted by Crippen LogP contribution is 2.29. The number of aryl methyl sites for hydroxylation is 1. The standard InChI is InChI=1S/C32H38N4O8/c1-5-44-28-17-23(11-13-26(28)42-3)20-36(15-14-31(39)40)30(38)19-33-29(37)18-22-10-12-25(27(16-22)43-4)35-32(41)34-24-9-7-6-8-21(24)2/h6-13,16-17H,5,14-15,18-20H2,1-4H3,(H,33,37)(H,39,40)(H2,34,35,41). The number of carbonyl (C=O) groups is 4. The van der Waals surface area contributed by atoms with Gasteiger partial charge in [-0.1, -0.05) is 30.3 Å². The Bertz CT molecular complexity index is 1480. The Kier molecular flexibility index (Phi) is 12.4. The molecule has 0 fully saturated rings. The van der Waals surface area contributed by atoms with Crippen molar-refractivity contribution in [2.75, 3.05) is 44.5 Å². The monoisotopic (exact) mass is 606 g/mol. The van der Waals surface area contributed by atoms with Crippen molar-refractivity contribution < 1.29 is 38.5 Å². The number of methoxy groups -OCH3 is 2. The van der Waals surface area contributed by atoms with Crippen LogP contribution in [-0.4, -0.2) is 67.7 Å². The lowest BCUT2D eigenvalue weighted by molar-refractivity contribution is -0.139. The number of benzene rings is 3. The van der Waals surface area contributed by atoms with Gasteiger partial charge in [0.1, 0.15) is 5.75 Å². The molecule has 12 heteroatoms. The normalized spacial score (nSPS) is 10.4. The number of carboxylic acid groups (broad SMARTS) is 1. The van der Waals surface area contributed by atoms with E-state index < -0.39 is 23.8 Å². The molecule has 4 amide bonds. The average Bonchev–Trinajstić information content (AvgIpc) is 3.00. The van der Waals surface area contributed by atoms with Gasteiger partial charge in [-0.2, -0.15) is 0 Å². The molecule has 44 heavy (non-hydrogen) atoms. The van der Waals surface area contributed by atoms with Crippen molar-refractivity contribution in [3.05, 3.63) is 77.4 Å². The van der Waals surface area contributed by atoms with Gasteiger partial charge in [0.25, 0.3) is 0 Å². The Morgan fingerprint density at radius 1 is 0.841 bits per heavy atom. The molecule has 0 aromatic heterocycles. The molecule has 0 heterocycles. The molecule has 0 aliphatic heterocycles. The quantitative estimate of drug-likeness (QED) is 0.201. The number of anilines is 2. The van der Waals surface area contributed by atoms with Crippen molar-refractivity contribution in [2.45, 2.75) is 33.2 Å². The van der Waals surface area contributed by atoms with Crippen molar-refractivity contribution in [3.63, 3.8) is 0 Å². The summed E-state index contributed by atoms with van der Waals surface area (Å²) in [6.45, 7) is 3.91. The maximum absolute atomic E-state index is 13.0. The van der Waals surface area contributed by atoms with Crippen molar-refractivity contribution in [3.8, 4) is 17.2 Å². The first-order valence-electron chi connectivity index (χ1n) is 14.0. The molecule has 0 bridgehead atoms. The van der Waals surface area contributed by atoms with Gasteiger partial charge in [0.15, 0.2) is 11.5 Å². The van der Waals surface area contributed by atoms with Gasteiger partial charge in [0.05, 0.1) is 45.9 Å². The maximum atomic E-state index is 13.0. The van der Waals surface area contributed by atoms with Gasteiger partial charge in [0, 0.05) is 18.8 Å². The second kappa shape index (κ2) is 16.4. The second-order valence-corrected chi connectivity index (χ2v) is 9.76. The third-order valence-corrected chi connectivity index (χ3v) is 6.56. The van der Waals surface area contributed by atoms with Crippen molar-refractivity contribution in [1.82, 2.24) is 10.2 Å². The number of hydrogen-bond acceptors (Lipinski definition) is 7. The van der Waals surface area contributed by atoms with E-state index >= 15 is 0 Å². The molecule has 0 atom stereocenters. The summed E-state index contributed by atoms with van der Waals surface area (Å²) in [5, 5.41) is 17.3. The third kappa shape index (κ3) is 9.93. The molecule has 3 aromatic carbocycles. The highest BCUT2D eigenvalue weighted by Gasteiger charge is 2.18. The number of urea groups is 1. The number of carboxylic acids is 1. The maximum Gasteiger partial charge on any atom is 0.323 e. The molecular formula is C32H38N4O8. The summed E-state index contributed by atoms with van der Waals surface area (Å²) in [7, 11) is 2.98. The Morgan fingerprint density at radius 2 is 1.52 bits per heavy atom. The van der Waals surface area contributed by atoms with Gasteiger partial charge in [0.2, 0.25) is 11.8 Å². The first-order chi connectivity index (χ1) is 21.1. The Balaban J connectivity index is 1.60. The zero-order valence-corrected chi connectivity index (χ0v) is 25.3. The number of aliphatic carboxylic acids is 1. The Morgan fingerprint density at radius 3 is 2.20 bits per heavy atom. The van der Waals surface area contributed by atoms with Crippen LogP contribution in [0.15, 0.2) is 60.7 Å². The van der Waals surface area contributed by atoms with Crippen LogP contribution in [0.2, 0.25) is 0 Å². The highest BCUT2D eigenvalue weighted by atomic mass is 16.5. The lowest BCUT2D eigenvalue weighted by Gasteiger charge is -2.23. The van der Waals surface area contributed by atoms with Crippen molar-refractivity contribution in [1.29, 1.82) is 0 Å². The Hall–Kier alpha value is -5.26. The summed E-state index contributed by atoms with van der Waals surface area (Å²) >= 11 is 0. The van der Waals surface area contributed by atoms with Crippen molar-refractivity contribution >= 4 is 35.2 Å². The zero-order chi connectivity index (χ0) is 32.1. The summed E-state index contributed by atoms with van der Waals surface area (Å²) in [6.07, 6.45) is -0.304. The molecule has 0 aliphatic rings. The van der Waals surface area contributed by atoms with Gasteiger partial charge >= 0.3 is 12.0 Å². The molecule has 234 valence electrons. The summed E-state index contributed by atoms with van der Waals surface area (Å²) in [5.74, 6) is -0.495. The molecule has 0 aliphatic carbocycles. The predicted octanol–water partition coefficient (Wildman–Crippen LogP) is 4.22. The third-order valence-electron chi connectivity index (χ3n) is 6.56. The van der Waals surface area contributed by atoms with E-state index in [0.717, 1.165) is 5.56 Å². The van der Waals surface area contributed by atoms with E-state index in [0.29, 0.717) is 46.4 Å². The number of carbonyl (C=O) groups excluding carboxylic acids is 3. The summed E-state index contributed by atoms with van der Waals surface area (Å²) < 4.78 is 16.3. The summed E-state index contributed by atoms with van der Waals surface area (Å²) in [6, 6.07) is 17.1. The molecule has 3 aromatic rings. The van der Waals surface area contributed by atoms with E-state index in [-0.39, 0.29) is 32.5 Å². The van der Waals surface area contributed by atoms with E-state index in [1.54, 1.807) is 42.5 Å². The molecule has 12 nitrogen and oxygen atoms in total. The molecule has 0 radical (unpaired) electrons. The summed E-state index contributed by atoms with van der Waals surface area (Å²) in [5.41, 5.74) is 3.32. The van der Waals surface area contributed by atoms with Crippen LogP contribution in [0, 0.1) is 6.92 Å². The smallest absolute Gasteiger partial charge is 0.323 e. The van der Waals surface area contributed by atoms with Gasteiger partial charge < -0.3 is 40.2 Å². The van der Waals surface area contributed by atoms with Crippen LogP contribution in [0.25, 0.3) is 0 Å². The fraction of sp³-hybridized carbons (Fsp3) is 0.312. The van der Waals surface area contributed by atoms with Crippen LogP contribution in [0.1, 0.15) is 30.0 Å². The predicted molar refractivity (Wildman–Crippen MR) is 165 cm³/mol. The minimum absolute atomic E-state index is 0.0386. The minimum Gasteiger partial charge on any atom is -0.495 e. The topological polar surface area (TPSA) is 156 Å². The number of ether oxygens (including phenoxy) is 3. The number of amides is 4. The first kappa shape index (κ1) is 33.2. The molecular weight excluding hydrogens is 568 g/mol.